The normalized spacial score (nSPS) is 12.2. The zero-order chi connectivity index (χ0) is 10.6. The summed E-state index contributed by atoms with van der Waals surface area (Å²) in [5.41, 5.74) is 5.73. The number of hydrogen-bond donors (Lipinski definition) is 2. The first-order chi connectivity index (χ1) is 6.85. The van der Waals surface area contributed by atoms with Crippen LogP contribution in [0.2, 0.25) is 0 Å². The summed E-state index contributed by atoms with van der Waals surface area (Å²) < 4.78 is 0. The van der Waals surface area contributed by atoms with Gasteiger partial charge in [-0.3, -0.25) is 0 Å². The lowest BCUT2D eigenvalue weighted by Crippen LogP contribution is -2.16. The number of halogens is 1. The average molecular weight is 272 g/mol. The Morgan fingerprint density at radius 3 is 2.53 bits per heavy atom. The van der Waals surface area contributed by atoms with Crippen molar-refractivity contribution in [2.75, 3.05) is 23.8 Å². The maximum Gasteiger partial charge on any atom is -0.00271 e. The second kappa shape index (κ2) is 14.9. The zero-order valence-electron chi connectivity index (χ0n) is 9.78. The largest absolute Gasteiger partial charge is 0.330 e. The molecule has 0 aromatic carbocycles. The Labute approximate surface area is 111 Å². The minimum absolute atomic E-state index is 0. The number of nitrogens with two attached hydrogens (primary N) is 1. The van der Waals surface area contributed by atoms with Gasteiger partial charge >= 0.3 is 0 Å². The molecular formula is C11H26ClNS2. The molecule has 0 aliphatic heterocycles. The Morgan fingerprint density at radius 1 is 1.27 bits per heavy atom. The maximum atomic E-state index is 5.73. The van der Waals surface area contributed by atoms with Crippen LogP contribution in [0.3, 0.4) is 0 Å². The smallest absolute Gasteiger partial charge is 0.00271 e. The highest BCUT2D eigenvalue weighted by Gasteiger charge is 2.05. The van der Waals surface area contributed by atoms with E-state index in [0.29, 0.717) is 0 Å². The van der Waals surface area contributed by atoms with Gasteiger partial charge in [0.05, 0.1) is 0 Å². The second-order valence-corrected chi connectivity index (χ2v) is 5.35. The first kappa shape index (κ1) is 18.3. The summed E-state index contributed by atoms with van der Waals surface area (Å²) >= 11 is 6.26. The molecule has 0 aliphatic carbocycles. The predicted octanol–water partition coefficient (Wildman–Crippen LogP) is 3.62. The summed E-state index contributed by atoms with van der Waals surface area (Å²) in [6.07, 6.45) is 6.49. The van der Waals surface area contributed by atoms with Crippen LogP contribution < -0.4 is 5.73 Å². The van der Waals surface area contributed by atoms with Crippen LogP contribution in [0.15, 0.2) is 0 Å². The third-order valence-corrected chi connectivity index (χ3v) is 3.95. The molecule has 1 nitrogen and oxygen atoms in total. The Kier molecular flexibility index (Phi) is 18.3. The molecule has 0 bridgehead atoms. The molecule has 0 saturated carbocycles. The van der Waals surface area contributed by atoms with E-state index in [2.05, 4.69) is 31.3 Å². The van der Waals surface area contributed by atoms with Crippen LogP contribution in [0.5, 0.6) is 0 Å². The van der Waals surface area contributed by atoms with Crippen molar-refractivity contribution in [1.82, 2.24) is 0 Å². The molecule has 0 aromatic rings. The topological polar surface area (TPSA) is 26.0 Å². The van der Waals surface area contributed by atoms with E-state index in [1.54, 1.807) is 0 Å². The quantitative estimate of drug-likeness (QED) is 0.469. The molecule has 0 spiro atoms. The molecule has 0 fully saturated rings. The molecule has 2 N–H and O–H groups in total. The Bertz CT molecular complexity index is 115. The second-order valence-electron chi connectivity index (χ2n) is 3.75. The molecule has 0 heterocycles. The molecule has 0 amide bonds. The van der Waals surface area contributed by atoms with Crippen LogP contribution in [-0.4, -0.2) is 23.8 Å². The number of rotatable bonds is 10. The van der Waals surface area contributed by atoms with Gasteiger partial charge in [0.1, 0.15) is 0 Å². The minimum Gasteiger partial charge on any atom is -0.330 e. The van der Waals surface area contributed by atoms with Crippen LogP contribution in [0.4, 0.5) is 0 Å². The summed E-state index contributed by atoms with van der Waals surface area (Å²) in [4.78, 5) is 0. The van der Waals surface area contributed by atoms with E-state index in [9.17, 15) is 0 Å². The standard InChI is InChI=1S/C11H25NS2.ClH/c1-2-3-6-11(9-12)10-14-8-5-4-7-13;/h11,13H,2-10,12H2,1H3;1H. The lowest BCUT2D eigenvalue weighted by atomic mass is 10.1. The first-order valence-corrected chi connectivity index (χ1v) is 7.52. The van der Waals surface area contributed by atoms with Crippen molar-refractivity contribution >= 4 is 36.8 Å². The lowest BCUT2D eigenvalue weighted by Gasteiger charge is -2.13. The Balaban J connectivity index is 0. The van der Waals surface area contributed by atoms with E-state index < -0.39 is 0 Å². The number of unbranched alkanes of at least 4 members (excludes halogenated alkanes) is 2. The van der Waals surface area contributed by atoms with Gasteiger partial charge in [-0.1, -0.05) is 19.8 Å². The highest BCUT2D eigenvalue weighted by Crippen LogP contribution is 2.15. The summed E-state index contributed by atoms with van der Waals surface area (Å²) in [6, 6.07) is 0. The van der Waals surface area contributed by atoms with E-state index in [1.165, 1.54) is 43.6 Å². The summed E-state index contributed by atoms with van der Waals surface area (Å²) in [5.74, 6) is 4.30. The van der Waals surface area contributed by atoms with Crippen molar-refractivity contribution in [2.45, 2.75) is 39.0 Å². The first-order valence-electron chi connectivity index (χ1n) is 5.73. The fourth-order valence-corrected chi connectivity index (χ4v) is 2.76. The lowest BCUT2D eigenvalue weighted by molar-refractivity contribution is 0.523. The van der Waals surface area contributed by atoms with Gasteiger partial charge < -0.3 is 5.73 Å². The van der Waals surface area contributed by atoms with Crippen molar-refractivity contribution < 1.29 is 0 Å². The third-order valence-electron chi connectivity index (χ3n) is 2.35. The van der Waals surface area contributed by atoms with Crippen molar-refractivity contribution in [1.29, 1.82) is 0 Å². The van der Waals surface area contributed by atoms with E-state index in [4.69, 9.17) is 5.73 Å². The van der Waals surface area contributed by atoms with Crippen LogP contribution in [0, 0.1) is 5.92 Å². The fourth-order valence-electron chi connectivity index (χ4n) is 1.33. The van der Waals surface area contributed by atoms with Gasteiger partial charge in [0.15, 0.2) is 0 Å². The van der Waals surface area contributed by atoms with Gasteiger partial charge in [0, 0.05) is 0 Å². The number of thioether (sulfide) groups is 1. The Hall–Kier alpha value is 0.950. The maximum absolute atomic E-state index is 5.73. The summed E-state index contributed by atoms with van der Waals surface area (Å²) in [7, 11) is 0. The van der Waals surface area contributed by atoms with Gasteiger partial charge in [0.25, 0.3) is 0 Å². The van der Waals surface area contributed by atoms with E-state index in [-0.39, 0.29) is 12.4 Å². The van der Waals surface area contributed by atoms with Gasteiger partial charge in [-0.2, -0.15) is 24.4 Å². The van der Waals surface area contributed by atoms with Crippen molar-refractivity contribution in [3.05, 3.63) is 0 Å². The zero-order valence-corrected chi connectivity index (χ0v) is 12.3. The van der Waals surface area contributed by atoms with Gasteiger partial charge in [-0.15, -0.1) is 12.4 Å². The molecule has 1 unspecified atom stereocenters. The highest BCUT2D eigenvalue weighted by molar-refractivity contribution is 7.99. The van der Waals surface area contributed by atoms with Gasteiger partial charge in [-0.25, -0.2) is 0 Å². The molecule has 0 aromatic heterocycles. The summed E-state index contributed by atoms with van der Waals surface area (Å²) in [6.45, 7) is 3.10. The van der Waals surface area contributed by atoms with E-state index in [0.717, 1.165) is 18.2 Å². The molecule has 0 radical (unpaired) electrons. The van der Waals surface area contributed by atoms with Crippen molar-refractivity contribution in [2.24, 2.45) is 11.7 Å². The van der Waals surface area contributed by atoms with Crippen LogP contribution in [0.25, 0.3) is 0 Å². The van der Waals surface area contributed by atoms with Crippen molar-refractivity contribution in [3.8, 4) is 0 Å². The molecule has 0 rings (SSSR count). The van der Waals surface area contributed by atoms with E-state index in [1.807, 2.05) is 0 Å². The molecule has 0 aliphatic rings. The highest BCUT2D eigenvalue weighted by atomic mass is 35.5. The Morgan fingerprint density at radius 2 is 2.00 bits per heavy atom. The average Bonchev–Trinajstić information content (AvgIpc) is 2.22. The monoisotopic (exact) mass is 271 g/mol. The number of hydrogen-bond acceptors (Lipinski definition) is 3. The molecular weight excluding hydrogens is 246 g/mol. The number of thiol groups is 1. The van der Waals surface area contributed by atoms with Gasteiger partial charge in [-0.05, 0) is 49.0 Å². The SMILES string of the molecule is CCCCC(CN)CSCCCCS.Cl. The third kappa shape index (κ3) is 12.9. The van der Waals surface area contributed by atoms with Crippen molar-refractivity contribution in [3.63, 3.8) is 0 Å². The van der Waals surface area contributed by atoms with Crippen LogP contribution in [0.1, 0.15) is 39.0 Å². The molecule has 1 atom stereocenters. The molecule has 0 saturated heterocycles. The van der Waals surface area contributed by atoms with Crippen LogP contribution in [-0.2, 0) is 0 Å². The predicted molar refractivity (Wildman–Crippen MR) is 79.7 cm³/mol. The van der Waals surface area contributed by atoms with E-state index >= 15 is 0 Å². The van der Waals surface area contributed by atoms with Gasteiger partial charge in [0.2, 0.25) is 0 Å². The fraction of sp³-hybridized carbons (Fsp3) is 1.00. The molecule has 4 heteroatoms. The van der Waals surface area contributed by atoms with Crippen LogP contribution >= 0.6 is 36.8 Å². The minimum atomic E-state index is 0. The molecule has 94 valence electrons. The molecule has 15 heavy (non-hydrogen) atoms. The summed E-state index contributed by atoms with van der Waals surface area (Å²) in [5, 5.41) is 0.